The molecule has 4 aromatic carbocycles. The molecule has 0 radical (unpaired) electrons. The van der Waals surface area contributed by atoms with Gasteiger partial charge in [-0.1, -0.05) is 31.0 Å². The lowest BCUT2D eigenvalue weighted by molar-refractivity contribution is 0.0353. The molecule has 2 aliphatic heterocycles. The van der Waals surface area contributed by atoms with Gasteiger partial charge in [-0.25, -0.2) is 4.79 Å². The number of phenolic OH excluding ortho intramolecular Hbond substituents is 1. The highest BCUT2D eigenvalue weighted by Gasteiger charge is 2.33. The lowest BCUT2D eigenvalue weighted by Crippen LogP contribution is -2.42. The SMILES string of the molecule is NCCOCCOCCN1C(=O)c2cccc3c(NCCCCCCNC(=S)Nc4ccc(-c5c6ccc(=O)cc-6oc6cc(O)ccc56)c(C(=O)O)c4)ccc(c23)C1=O. The van der Waals surface area contributed by atoms with Crippen LogP contribution in [0.1, 0.15) is 56.8 Å². The zero-order valence-electron chi connectivity index (χ0n) is 32.8. The van der Waals surface area contributed by atoms with Crippen LogP contribution in [-0.2, 0) is 9.47 Å². The normalized spacial score (nSPS) is 12.4. The van der Waals surface area contributed by atoms with Gasteiger partial charge in [-0.15, -0.1) is 0 Å². The number of aromatic carboxylic acids is 1. The Kier molecular flexibility index (Phi) is 13.3. The van der Waals surface area contributed by atoms with Crippen molar-refractivity contribution in [1.82, 2.24) is 10.2 Å². The zero-order valence-corrected chi connectivity index (χ0v) is 33.6. The number of carbonyl (C=O) groups is 3. The second-order valence-corrected chi connectivity index (χ2v) is 14.7. The number of hydrogen-bond acceptors (Lipinski definition) is 11. The maximum absolute atomic E-state index is 13.4. The van der Waals surface area contributed by atoms with Gasteiger partial charge in [-0.3, -0.25) is 19.3 Å². The smallest absolute Gasteiger partial charge is 0.336 e. The molecule has 4 aromatic rings. The molecule has 7 rings (SSSR count). The lowest BCUT2D eigenvalue weighted by Gasteiger charge is -2.27. The zero-order chi connectivity index (χ0) is 42.2. The highest BCUT2D eigenvalue weighted by atomic mass is 32.1. The van der Waals surface area contributed by atoms with Gasteiger partial charge in [0.15, 0.2) is 10.5 Å². The van der Waals surface area contributed by atoms with Gasteiger partial charge < -0.3 is 45.8 Å². The average molecular weight is 832 g/mol. The number of phenols is 1. The molecule has 0 unspecified atom stereocenters. The first kappa shape index (κ1) is 41.8. The van der Waals surface area contributed by atoms with Crippen molar-refractivity contribution < 1.29 is 38.5 Å². The van der Waals surface area contributed by atoms with Crippen LogP contribution in [0.5, 0.6) is 5.75 Å². The van der Waals surface area contributed by atoms with E-state index in [1.807, 2.05) is 18.2 Å². The molecular formula is C45H45N5O9S. The summed E-state index contributed by atoms with van der Waals surface area (Å²) in [5.74, 6) is -1.58. The van der Waals surface area contributed by atoms with Gasteiger partial charge in [0, 0.05) is 81.6 Å². The Hall–Kier alpha value is -6.39. The minimum Gasteiger partial charge on any atom is -0.508 e. The van der Waals surface area contributed by atoms with Gasteiger partial charge in [0.1, 0.15) is 17.1 Å². The fraction of sp³-hybridized carbons (Fsp3) is 0.267. The Labute approximate surface area is 350 Å². The van der Waals surface area contributed by atoms with Crippen molar-refractivity contribution in [2.45, 2.75) is 25.7 Å². The van der Waals surface area contributed by atoms with E-state index in [0.717, 1.165) is 36.8 Å². The fourth-order valence-corrected chi connectivity index (χ4v) is 7.65. The largest absolute Gasteiger partial charge is 0.508 e. The van der Waals surface area contributed by atoms with E-state index in [1.54, 1.807) is 36.4 Å². The maximum Gasteiger partial charge on any atom is 0.336 e. The number of hydrogen-bond donors (Lipinski definition) is 6. The van der Waals surface area contributed by atoms with E-state index >= 15 is 0 Å². The van der Waals surface area contributed by atoms with Gasteiger partial charge in [0.25, 0.3) is 11.8 Å². The molecule has 0 aromatic heterocycles. The summed E-state index contributed by atoms with van der Waals surface area (Å²) in [7, 11) is 0. The first-order valence-electron chi connectivity index (χ1n) is 19.8. The molecule has 15 heteroatoms. The molecule has 1 aliphatic carbocycles. The van der Waals surface area contributed by atoms with Crippen LogP contribution < -0.4 is 27.1 Å². The molecule has 2 heterocycles. The molecule has 0 saturated carbocycles. The van der Waals surface area contributed by atoms with Crippen molar-refractivity contribution in [3.8, 4) is 28.2 Å². The number of unbranched alkanes of at least 4 members (excludes halogenated alkanes) is 3. The molecule has 2 amide bonds. The molecule has 3 aliphatic rings. The number of anilines is 2. The van der Waals surface area contributed by atoms with Crippen molar-refractivity contribution in [3.63, 3.8) is 0 Å². The fourth-order valence-electron chi connectivity index (χ4n) is 7.43. The minimum atomic E-state index is -1.15. The predicted octanol–water partition coefficient (Wildman–Crippen LogP) is 6.67. The molecule has 0 spiro atoms. The number of nitrogens with two attached hydrogens (primary N) is 1. The summed E-state index contributed by atoms with van der Waals surface area (Å²) in [5.41, 5.74) is 9.35. The molecule has 0 bridgehead atoms. The summed E-state index contributed by atoms with van der Waals surface area (Å²) in [6.07, 6.45) is 3.66. The van der Waals surface area contributed by atoms with Gasteiger partial charge in [-0.2, -0.15) is 0 Å². The van der Waals surface area contributed by atoms with Crippen LogP contribution in [0.15, 0.2) is 94.1 Å². The number of carboxylic acids is 1. The molecule has 0 fully saturated rings. The third-order valence-electron chi connectivity index (χ3n) is 10.2. The van der Waals surface area contributed by atoms with E-state index in [1.165, 1.54) is 35.2 Å². The summed E-state index contributed by atoms with van der Waals surface area (Å²) in [6, 6.07) is 23.0. The van der Waals surface area contributed by atoms with Crippen LogP contribution in [0.4, 0.5) is 11.4 Å². The van der Waals surface area contributed by atoms with E-state index in [9.17, 15) is 29.4 Å². The van der Waals surface area contributed by atoms with E-state index in [4.69, 9.17) is 31.8 Å². The van der Waals surface area contributed by atoms with Gasteiger partial charge in [0.05, 0.1) is 38.5 Å². The van der Waals surface area contributed by atoms with Crippen LogP contribution in [0, 0.1) is 0 Å². The summed E-state index contributed by atoms with van der Waals surface area (Å²) in [6.45, 7) is 3.31. The summed E-state index contributed by atoms with van der Waals surface area (Å²) in [5, 5.41) is 32.6. The second kappa shape index (κ2) is 19.1. The number of carbonyl (C=O) groups excluding carboxylic acids is 2. The van der Waals surface area contributed by atoms with Gasteiger partial charge >= 0.3 is 5.97 Å². The predicted molar refractivity (Wildman–Crippen MR) is 234 cm³/mol. The number of amides is 2. The van der Waals surface area contributed by atoms with Gasteiger partial charge in [-0.05, 0) is 85.2 Å². The molecule has 0 saturated heterocycles. The Balaban J connectivity index is 0.885. The average Bonchev–Trinajstić information content (AvgIpc) is 3.23. The quantitative estimate of drug-likeness (QED) is 0.0218. The topological polar surface area (TPSA) is 206 Å². The molecule has 7 N–H and O–H groups in total. The van der Waals surface area contributed by atoms with Crippen LogP contribution in [0.3, 0.4) is 0 Å². The number of thiocarbonyl (C=S) groups is 1. The number of benzene rings is 5. The number of nitrogens with zero attached hydrogens (tertiary/aromatic N) is 1. The molecule has 310 valence electrons. The first-order valence-corrected chi connectivity index (χ1v) is 20.2. The standard InChI is InChI=1S/C45H45N5O9S/c46-16-20-57-22-23-58-21-19-50-42(53)34-7-5-6-31-37(15-14-35(41(31)34)43(50)54)47-17-3-1-2-4-18-48-45(60)49-27-8-11-30(36(24-27)44(55)56)40-32-12-9-28(51)25-38(32)59-39-26-29(52)10-13-33(39)40/h5-15,24-26,47,51H,1-4,16-23,46H2,(H,55,56)(H2,48,49,60). The second-order valence-electron chi connectivity index (χ2n) is 14.3. The number of ether oxygens (including phenoxy) is 2. The molecule has 60 heavy (non-hydrogen) atoms. The monoisotopic (exact) mass is 831 g/mol. The van der Waals surface area contributed by atoms with Crippen LogP contribution in [0.2, 0.25) is 0 Å². The summed E-state index contributed by atoms with van der Waals surface area (Å²) >= 11 is 5.52. The lowest BCUT2D eigenvalue weighted by atomic mass is 9.90. The summed E-state index contributed by atoms with van der Waals surface area (Å²) in [4.78, 5) is 52.7. The number of fused-ring (bicyclic) bond motifs is 2. The van der Waals surface area contributed by atoms with E-state index in [2.05, 4.69) is 16.0 Å². The van der Waals surface area contributed by atoms with Crippen molar-refractivity contribution in [3.05, 3.63) is 112 Å². The molecular weight excluding hydrogens is 787 g/mol. The Morgan fingerprint density at radius 3 is 2.28 bits per heavy atom. The maximum atomic E-state index is 13.4. The van der Waals surface area contributed by atoms with Crippen LogP contribution >= 0.6 is 12.2 Å². The first-order chi connectivity index (χ1) is 29.1. The number of rotatable bonds is 19. The van der Waals surface area contributed by atoms with Crippen molar-refractivity contribution in [2.75, 3.05) is 63.2 Å². The van der Waals surface area contributed by atoms with Crippen molar-refractivity contribution in [2.24, 2.45) is 5.73 Å². The number of nitrogens with one attached hydrogen (secondary N) is 3. The molecule has 0 atom stereocenters. The third-order valence-corrected chi connectivity index (χ3v) is 10.5. The third kappa shape index (κ3) is 9.24. The Morgan fingerprint density at radius 2 is 1.50 bits per heavy atom. The minimum absolute atomic E-state index is 0.0177. The van der Waals surface area contributed by atoms with E-state index < -0.39 is 5.97 Å². The van der Waals surface area contributed by atoms with E-state index in [-0.39, 0.29) is 47.5 Å². The number of aromatic hydroxyl groups is 1. The van der Waals surface area contributed by atoms with Crippen LogP contribution in [0.25, 0.3) is 44.2 Å². The van der Waals surface area contributed by atoms with Crippen LogP contribution in [-0.4, -0.2) is 90.6 Å². The van der Waals surface area contributed by atoms with Crippen molar-refractivity contribution in [1.29, 1.82) is 0 Å². The Bertz CT molecular complexity index is 2590. The highest BCUT2D eigenvalue weighted by molar-refractivity contribution is 7.80. The number of imide groups is 1. The summed E-state index contributed by atoms with van der Waals surface area (Å²) < 4.78 is 16.8. The molecule has 14 nitrogen and oxygen atoms in total. The Morgan fingerprint density at radius 1 is 0.767 bits per heavy atom. The van der Waals surface area contributed by atoms with E-state index in [0.29, 0.717) is 94.4 Å². The van der Waals surface area contributed by atoms with Gasteiger partial charge in [0.2, 0.25) is 0 Å². The highest BCUT2D eigenvalue weighted by Crippen LogP contribution is 2.42. The van der Waals surface area contributed by atoms with Crippen molar-refractivity contribution >= 4 is 68.2 Å². The number of carboxylic acid groups (broad SMARTS) is 1.